The van der Waals surface area contributed by atoms with Crippen LogP contribution in [0.5, 0.6) is 0 Å². The van der Waals surface area contributed by atoms with E-state index in [9.17, 15) is 9.59 Å². The van der Waals surface area contributed by atoms with Gasteiger partial charge in [-0.3, -0.25) is 4.79 Å². The summed E-state index contributed by atoms with van der Waals surface area (Å²) in [5, 5.41) is -0.0200. The Morgan fingerprint density at radius 2 is 2.07 bits per heavy atom. The molecule has 2 heterocycles. The van der Waals surface area contributed by atoms with E-state index < -0.39 is 11.3 Å². The quantitative estimate of drug-likeness (QED) is 0.679. The molecule has 0 aliphatic rings. The van der Waals surface area contributed by atoms with E-state index in [4.69, 9.17) is 17.4 Å². The molecule has 0 unspecified atom stereocenters. The highest BCUT2D eigenvalue weighted by atomic mass is 79.9. The highest BCUT2D eigenvalue weighted by Crippen LogP contribution is 2.18. The summed E-state index contributed by atoms with van der Waals surface area (Å²) in [6, 6.07) is 0. The van der Waals surface area contributed by atoms with Crippen molar-refractivity contribution in [3.8, 4) is 0 Å². The Morgan fingerprint density at radius 1 is 1.40 bits per heavy atom. The molecular weight excluding hydrogens is 291 g/mol. The van der Waals surface area contributed by atoms with Crippen LogP contribution in [0.15, 0.2) is 18.6 Å². The molecule has 9 heteroatoms. The Balaban J connectivity index is 3.07. The average molecular weight is 293 g/mol. The molecule has 0 aliphatic carbocycles. The molecule has 2 aromatic rings. The van der Waals surface area contributed by atoms with Crippen molar-refractivity contribution in [3.05, 3.63) is 30.7 Å². The lowest BCUT2D eigenvalue weighted by molar-refractivity contribution is 0.484. The number of hydrogen-bond acceptors (Lipinski definition) is 6. The van der Waals surface area contributed by atoms with Crippen molar-refractivity contribution in [2.24, 2.45) is 0 Å². The number of aromatic nitrogens is 3. The maximum Gasteiger partial charge on any atom is 0.442 e. The average Bonchev–Trinajstić information content (AvgIpc) is 2.19. The normalized spacial score (nSPS) is 10.8. The van der Waals surface area contributed by atoms with Crippen molar-refractivity contribution in [2.45, 2.75) is 0 Å². The van der Waals surface area contributed by atoms with Gasteiger partial charge in [0, 0.05) is 0 Å². The molecule has 2 aromatic heterocycles. The number of rotatable bonds is 0. The number of nitrogen functional groups attached to an aromatic ring is 1. The first kappa shape index (κ1) is 10.1. The Labute approximate surface area is 94.6 Å². The molecule has 78 valence electrons. The molecule has 2 N–H and O–H groups in total. The van der Waals surface area contributed by atoms with Crippen LogP contribution in [0.25, 0.3) is 11.2 Å². The molecule has 0 bridgehead atoms. The van der Waals surface area contributed by atoms with Gasteiger partial charge in [0.2, 0.25) is 0 Å². The monoisotopic (exact) mass is 292 g/mol. The van der Waals surface area contributed by atoms with Gasteiger partial charge in [-0.15, -0.1) is 0 Å². The first-order chi connectivity index (χ1) is 7.00. The van der Waals surface area contributed by atoms with Gasteiger partial charge in [-0.2, -0.15) is 4.68 Å². The van der Waals surface area contributed by atoms with Crippen LogP contribution in [-0.4, -0.2) is 14.6 Å². The number of nitrogens with two attached hydrogens (primary N) is 1. The fourth-order valence-electron chi connectivity index (χ4n) is 0.920. The van der Waals surface area contributed by atoms with Gasteiger partial charge in [-0.25, -0.2) is 14.8 Å². The fraction of sp³-hybridized carbons (Fsp3) is 0. The second-order valence-corrected chi connectivity index (χ2v) is 3.61. The van der Waals surface area contributed by atoms with Gasteiger partial charge in [0.05, 0.1) is 0 Å². The first-order valence-electron chi connectivity index (χ1n) is 3.54. The Bertz CT molecular complexity index is 664. The molecule has 0 fully saturated rings. The van der Waals surface area contributed by atoms with E-state index in [0.29, 0.717) is 4.68 Å². The van der Waals surface area contributed by atoms with Gasteiger partial charge in [0.25, 0.3) is 5.71 Å². The maximum absolute atomic E-state index is 11.4. The Kier molecular flexibility index (Phi) is 2.24. The summed E-state index contributed by atoms with van der Waals surface area (Å²) in [4.78, 5) is 29.8. The number of fused-ring (bicyclic) bond motifs is 1. The van der Waals surface area contributed by atoms with Gasteiger partial charge < -0.3 is 10.3 Å². The van der Waals surface area contributed by atoms with Crippen molar-refractivity contribution in [3.63, 3.8) is 0 Å². The van der Waals surface area contributed by atoms with Gasteiger partial charge in [-0.1, -0.05) is 11.6 Å². The summed E-state index contributed by atoms with van der Waals surface area (Å²) in [5.74, 6) is 4.09. The van der Waals surface area contributed by atoms with Gasteiger partial charge in [0.15, 0.2) is 10.7 Å². The fourth-order valence-corrected chi connectivity index (χ4v) is 1.30. The zero-order valence-corrected chi connectivity index (χ0v) is 9.24. The van der Waals surface area contributed by atoms with Crippen LogP contribution >= 0.6 is 27.5 Å². The van der Waals surface area contributed by atoms with Gasteiger partial charge in [-0.05, 0) is 15.9 Å². The van der Waals surface area contributed by atoms with Gasteiger partial charge in [0.1, 0.15) is 4.60 Å². The molecular formula is C6H2BrClN4O3. The van der Waals surface area contributed by atoms with Crippen molar-refractivity contribution in [1.29, 1.82) is 0 Å². The van der Waals surface area contributed by atoms with E-state index in [1.165, 1.54) is 0 Å². The van der Waals surface area contributed by atoms with E-state index in [1.807, 2.05) is 0 Å². The van der Waals surface area contributed by atoms with Crippen molar-refractivity contribution in [1.82, 2.24) is 14.6 Å². The molecule has 0 amide bonds. The van der Waals surface area contributed by atoms with Crippen molar-refractivity contribution in [2.75, 3.05) is 5.84 Å². The van der Waals surface area contributed by atoms with Crippen LogP contribution in [0.3, 0.4) is 0 Å². The molecule has 0 radical (unpaired) electrons. The third-order valence-electron chi connectivity index (χ3n) is 1.58. The lowest BCUT2D eigenvalue weighted by atomic mass is 10.5. The summed E-state index contributed by atoms with van der Waals surface area (Å²) in [5.41, 5.74) is -1.24. The molecule has 0 spiro atoms. The SMILES string of the molecule is Nn1c(=O)oc2nc(Br)c(Cl)nc2c1=O. The number of nitrogens with zero attached hydrogens (tertiary/aromatic N) is 3. The summed E-state index contributed by atoms with van der Waals surface area (Å²) in [6.07, 6.45) is 0. The molecule has 15 heavy (non-hydrogen) atoms. The van der Waals surface area contributed by atoms with Crippen LogP contribution in [0.4, 0.5) is 0 Å². The largest absolute Gasteiger partial charge is 0.442 e. The van der Waals surface area contributed by atoms with Crippen molar-refractivity contribution < 1.29 is 4.42 Å². The lowest BCUT2D eigenvalue weighted by Gasteiger charge is -1.99. The van der Waals surface area contributed by atoms with Crippen LogP contribution in [-0.2, 0) is 0 Å². The minimum absolute atomic E-state index is 0.0200. The minimum atomic E-state index is -1.02. The standard InChI is InChI=1S/C6H2BrClN4O3/c7-2-3(8)10-1-4(11-2)15-6(14)12(9)5(1)13/h9H2. The topological polar surface area (TPSA) is 104 Å². The first-order valence-corrected chi connectivity index (χ1v) is 4.72. The third kappa shape index (κ3) is 1.51. The van der Waals surface area contributed by atoms with Crippen LogP contribution in [0.1, 0.15) is 0 Å². The third-order valence-corrected chi connectivity index (χ3v) is 2.63. The molecule has 0 atom stereocenters. The maximum atomic E-state index is 11.4. The lowest BCUT2D eigenvalue weighted by Crippen LogP contribution is -2.39. The van der Waals surface area contributed by atoms with Crippen LogP contribution in [0.2, 0.25) is 5.15 Å². The predicted molar refractivity (Wildman–Crippen MR) is 55.2 cm³/mol. The molecule has 0 saturated heterocycles. The number of halogens is 2. The summed E-state index contributed by atoms with van der Waals surface area (Å²) in [6.45, 7) is 0. The van der Waals surface area contributed by atoms with Crippen LogP contribution in [0, 0.1) is 0 Å². The van der Waals surface area contributed by atoms with E-state index in [1.54, 1.807) is 0 Å². The highest BCUT2D eigenvalue weighted by Gasteiger charge is 2.12. The zero-order chi connectivity index (χ0) is 11.2. The molecule has 7 nitrogen and oxygen atoms in total. The summed E-state index contributed by atoms with van der Waals surface area (Å²) < 4.78 is 5.10. The summed E-state index contributed by atoms with van der Waals surface area (Å²) in [7, 11) is 0. The molecule has 2 rings (SSSR count). The summed E-state index contributed by atoms with van der Waals surface area (Å²) >= 11 is 8.60. The number of hydrogen-bond donors (Lipinski definition) is 1. The predicted octanol–water partition coefficient (Wildman–Crippen LogP) is -0.126. The van der Waals surface area contributed by atoms with Gasteiger partial charge >= 0.3 is 11.3 Å². The highest BCUT2D eigenvalue weighted by molar-refractivity contribution is 9.10. The van der Waals surface area contributed by atoms with E-state index >= 15 is 0 Å². The smallest absolute Gasteiger partial charge is 0.387 e. The molecule has 0 saturated carbocycles. The minimum Gasteiger partial charge on any atom is -0.387 e. The van der Waals surface area contributed by atoms with E-state index in [-0.39, 0.29) is 21.0 Å². The van der Waals surface area contributed by atoms with Crippen molar-refractivity contribution >= 4 is 38.8 Å². The van der Waals surface area contributed by atoms with E-state index in [2.05, 4.69) is 30.3 Å². The van der Waals surface area contributed by atoms with E-state index in [0.717, 1.165) is 0 Å². The Hall–Kier alpha value is -1.41. The second-order valence-electron chi connectivity index (χ2n) is 2.50. The molecule has 0 aromatic carbocycles. The van der Waals surface area contributed by atoms with Crippen LogP contribution < -0.4 is 17.2 Å². The second kappa shape index (κ2) is 3.31. The zero-order valence-electron chi connectivity index (χ0n) is 6.90. The molecule has 0 aliphatic heterocycles. The Morgan fingerprint density at radius 3 is 2.73 bits per heavy atom.